The maximum atomic E-state index is 12.1. The number of phenols is 1. The number of hydrogen-bond acceptors (Lipinski definition) is 4. The molecule has 2 aromatic rings. The number of rotatable bonds is 4. The average molecular weight is 334 g/mol. The normalized spacial score (nSPS) is 11.6. The fraction of sp³-hybridized carbons (Fsp3) is 0.176. The van der Waals surface area contributed by atoms with E-state index in [4.69, 9.17) is 16.3 Å². The smallest absolute Gasteiger partial charge is 0.342 e. The first-order chi connectivity index (χ1) is 10.9. The minimum absolute atomic E-state index is 0.0207. The second-order valence-corrected chi connectivity index (χ2v) is 5.50. The van der Waals surface area contributed by atoms with Crippen LogP contribution in [0.1, 0.15) is 22.8 Å². The van der Waals surface area contributed by atoms with Gasteiger partial charge < -0.3 is 15.2 Å². The van der Waals surface area contributed by atoms with E-state index in [1.54, 1.807) is 37.3 Å². The van der Waals surface area contributed by atoms with Crippen LogP contribution in [0.25, 0.3) is 0 Å². The van der Waals surface area contributed by atoms with E-state index in [2.05, 4.69) is 5.32 Å². The van der Waals surface area contributed by atoms with Gasteiger partial charge >= 0.3 is 5.97 Å². The van der Waals surface area contributed by atoms with E-state index in [-0.39, 0.29) is 11.3 Å². The predicted molar refractivity (Wildman–Crippen MR) is 87.8 cm³/mol. The summed E-state index contributed by atoms with van der Waals surface area (Å²) in [4.78, 5) is 24.1. The van der Waals surface area contributed by atoms with E-state index in [1.807, 2.05) is 0 Å². The number of phenolic OH excluding ortho intramolecular Hbond substituents is 1. The molecule has 0 spiro atoms. The minimum Gasteiger partial charge on any atom is -0.507 e. The van der Waals surface area contributed by atoms with E-state index < -0.39 is 18.0 Å². The number of nitrogens with one attached hydrogen (secondary N) is 1. The molecule has 1 amide bonds. The number of anilines is 1. The lowest BCUT2D eigenvalue weighted by atomic mass is 10.1. The molecule has 2 N–H and O–H groups in total. The van der Waals surface area contributed by atoms with Gasteiger partial charge in [0.25, 0.3) is 5.91 Å². The summed E-state index contributed by atoms with van der Waals surface area (Å²) in [5.41, 5.74) is 1.32. The Morgan fingerprint density at radius 3 is 2.65 bits per heavy atom. The molecule has 6 heteroatoms. The average Bonchev–Trinajstić information content (AvgIpc) is 2.49. The summed E-state index contributed by atoms with van der Waals surface area (Å²) in [6.07, 6.45) is -1.03. The van der Waals surface area contributed by atoms with Gasteiger partial charge in [-0.25, -0.2) is 4.79 Å². The fourth-order valence-electron chi connectivity index (χ4n) is 1.90. The Hall–Kier alpha value is -2.53. The predicted octanol–water partition coefficient (Wildman–Crippen LogP) is 3.54. The first-order valence-electron chi connectivity index (χ1n) is 6.94. The third-order valence-electron chi connectivity index (χ3n) is 3.12. The number of esters is 1. The van der Waals surface area contributed by atoms with Crippen LogP contribution in [0, 0.1) is 6.92 Å². The lowest BCUT2D eigenvalue weighted by Crippen LogP contribution is -2.30. The summed E-state index contributed by atoms with van der Waals surface area (Å²) in [5, 5.41) is 12.8. The highest BCUT2D eigenvalue weighted by Gasteiger charge is 2.21. The molecule has 0 aliphatic rings. The van der Waals surface area contributed by atoms with E-state index in [0.717, 1.165) is 5.56 Å². The summed E-state index contributed by atoms with van der Waals surface area (Å²) in [6.45, 7) is 3.23. The van der Waals surface area contributed by atoms with Gasteiger partial charge in [0.15, 0.2) is 6.10 Å². The molecule has 0 aromatic heterocycles. The van der Waals surface area contributed by atoms with Gasteiger partial charge in [0.1, 0.15) is 11.3 Å². The van der Waals surface area contributed by atoms with Gasteiger partial charge in [0, 0.05) is 10.7 Å². The molecule has 1 atom stereocenters. The van der Waals surface area contributed by atoms with Crippen LogP contribution in [0.3, 0.4) is 0 Å². The van der Waals surface area contributed by atoms with Crippen LogP contribution in [-0.2, 0) is 9.53 Å². The van der Waals surface area contributed by atoms with Crippen molar-refractivity contribution in [2.75, 3.05) is 5.32 Å². The molecule has 0 heterocycles. The van der Waals surface area contributed by atoms with Crippen LogP contribution in [0.15, 0.2) is 42.5 Å². The van der Waals surface area contributed by atoms with Crippen molar-refractivity contribution >= 4 is 29.2 Å². The Balaban J connectivity index is 2.03. The Morgan fingerprint density at radius 1 is 1.22 bits per heavy atom. The summed E-state index contributed by atoms with van der Waals surface area (Å²) in [5.74, 6) is -1.45. The van der Waals surface area contributed by atoms with Crippen LogP contribution < -0.4 is 5.32 Å². The lowest BCUT2D eigenvalue weighted by Gasteiger charge is -2.14. The minimum atomic E-state index is -1.03. The number of ether oxygens (including phenoxy) is 1. The summed E-state index contributed by atoms with van der Waals surface area (Å²) >= 11 is 5.84. The highest BCUT2D eigenvalue weighted by Crippen LogP contribution is 2.20. The Kier molecular flexibility index (Phi) is 5.24. The molecule has 0 aliphatic heterocycles. The monoisotopic (exact) mass is 333 g/mol. The number of carbonyl (C=O) groups excluding carboxylic acids is 2. The maximum absolute atomic E-state index is 12.1. The largest absolute Gasteiger partial charge is 0.507 e. The topological polar surface area (TPSA) is 75.6 Å². The Bertz CT molecular complexity index is 745. The number of benzene rings is 2. The van der Waals surface area contributed by atoms with Crippen molar-refractivity contribution in [1.82, 2.24) is 0 Å². The van der Waals surface area contributed by atoms with Gasteiger partial charge in [-0.2, -0.15) is 0 Å². The van der Waals surface area contributed by atoms with E-state index in [0.29, 0.717) is 10.7 Å². The van der Waals surface area contributed by atoms with Crippen LogP contribution in [0.4, 0.5) is 5.69 Å². The Morgan fingerprint density at radius 2 is 1.96 bits per heavy atom. The zero-order valence-electron chi connectivity index (χ0n) is 12.7. The zero-order chi connectivity index (χ0) is 17.0. The quantitative estimate of drug-likeness (QED) is 0.839. The fourth-order valence-corrected chi connectivity index (χ4v) is 2.09. The molecule has 0 fully saturated rings. The van der Waals surface area contributed by atoms with Crippen molar-refractivity contribution in [3.63, 3.8) is 0 Å². The molecule has 0 saturated heterocycles. The van der Waals surface area contributed by atoms with Crippen LogP contribution in [-0.4, -0.2) is 23.1 Å². The van der Waals surface area contributed by atoms with Gasteiger partial charge in [-0.05, 0) is 44.2 Å². The molecule has 2 rings (SSSR count). The molecule has 0 radical (unpaired) electrons. The molecule has 0 unspecified atom stereocenters. The zero-order valence-corrected chi connectivity index (χ0v) is 13.4. The van der Waals surface area contributed by atoms with Crippen LogP contribution >= 0.6 is 11.6 Å². The van der Waals surface area contributed by atoms with Crippen molar-refractivity contribution in [2.45, 2.75) is 20.0 Å². The maximum Gasteiger partial charge on any atom is 0.342 e. The van der Waals surface area contributed by atoms with Crippen molar-refractivity contribution in [2.24, 2.45) is 0 Å². The van der Waals surface area contributed by atoms with E-state index >= 15 is 0 Å². The van der Waals surface area contributed by atoms with Crippen molar-refractivity contribution in [1.29, 1.82) is 0 Å². The van der Waals surface area contributed by atoms with Gasteiger partial charge in [-0.1, -0.05) is 29.3 Å². The number of aromatic hydroxyl groups is 1. The molecule has 2 aromatic carbocycles. The summed E-state index contributed by atoms with van der Waals surface area (Å²) in [6, 6.07) is 11.2. The van der Waals surface area contributed by atoms with Gasteiger partial charge in [0.2, 0.25) is 0 Å². The van der Waals surface area contributed by atoms with Gasteiger partial charge in [-0.3, -0.25) is 4.79 Å². The molecule has 23 heavy (non-hydrogen) atoms. The first kappa shape index (κ1) is 16.8. The van der Waals surface area contributed by atoms with Crippen molar-refractivity contribution in [3.8, 4) is 5.75 Å². The highest BCUT2D eigenvalue weighted by molar-refractivity contribution is 6.30. The van der Waals surface area contributed by atoms with Crippen molar-refractivity contribution < 1.29 is 19.4 Å². The molecule has 0 bridgehead atoms. The molecular weight excluding hydrogens is 318 g/mol. The lowest BCUT2D eigenvalue weighted by molar-refractivity contribution is -0.123. The van der Waals surface area contributed by atoms with Gasteiger partial charge in [-0.15, -0.1) is 0 Å². The molecule has 0 aliphatic carbocycles. The van der Waals surface area contributed by atoms with E-state index in [9.17, 15) is 14.7 Å². The van der Waals surface area contributed by atoms with Crippen LogP contribution in [0.5, 0.6) is 5.75 Å². The van der Waals surface area contributed by atoms with Crippen molar-refractivity contribution in [3.05, 3.63) is 58.6 Å². The highest BCUT2D eigenvalue weighted by atomic mass is 35.5. The number of amides is 1. The standard InChI is InChI=1S/C17H16ClNO4/c1-10-6-7-15(20)14(8-10)17(22)23-11(2)16(21)19-13-5-3-4-12(18)9-13/h3-9,11,20H,1-2H3,(H,19,21)/t11-/m0/s1. The number of aryl methyl sites for hydroxylation is 1. The Labute approximate surface area is 138 Å². The number of hydrogen-bond donors (Lipinski definition) is 2. The third-order valence-corrected chi connectivity index (χ3v) is 3.35. The first-order valence-corrected chi connectivity index (χ1v) is 7.31. The summed E-state index contributed by atoms with van der Waals surface area (Å²) in [7, 11) is 0. The van der Waals surface area contributed by atoms with E-state index in [1.165, 1.54) is 19.1 Å². The molecule has 5 nitrogen and oxygen atoms in total. The number of carbonyl (C=O) groups is 2. The molecular formula is C17H16ClNO4. The molecule has 0 saturated carbocycles. The number of halogens is 1. The van der Waals surface area contributed by atoms with Crippen LogP contribution in [0.2, 0.25) is 5.02 Å². The second-order valence-electron chi connectivity index (χ2n) is 5.07. The third kappa shape index (κ3) is 4.47. The molecule has 120 valence electrons. The van der Waals surface area contributed by atoms with Gasteiger partial charge in [0.05, 0.1) is 0 Å². The SMILES string of the molecule is Cc1ccc(O)c(C(=O)O[C@@H](C)C(=O)Nc2cccc(Cl)c2)c1. The summed E-state index contributed by atoms with van der Waals surface area (Å²) < 4.78 is 5.09. The second kappa shape index (κ2) is 7.15.